The Kier molecular flexibility index (Phi) is 5.51. The van der Waals surface area contributed by atoms with Crippen LogP contribution in [0, 0.1) is 5.82 Å². The smallest absolute Gasteiger partial charge is 0.321 e. The fourth-order valence-corrected chi connectivity index (χ4v) is 2.95. The molecule has 0 saturated carbocycles. The van der Waals surface area contributed by atoms with Crippen LogP contribution in [0.15, 0.2) is 48.5 Å². The van der Waals surface area contributed by atoms with Crippen molar-refractivity contribution in [1.82, 2.24) is 9.80 Å². The molecule has 1 heterocycles. The van der Waals surface area contributed by atoms with Crippen LogP contribution in [0.4, 0.5) is 14.9 Å². The lowest BCUT2D eigenvalue weighted by Gasteiger charge is -2.34. The number of urea groups is 1. The van der Waals surface area contributed by atoms with Crippen LogP contribution in [0.3, 0.4) is 0 Å². The van der Waals surface area contributed by atoms with Crippen molar-refractivity contribution in [2.24, 2.45) is 0 Å². The highest BCUT2D eigenvalue weighted by molar-refractivity contribution is 5.94. The number of hydrogen-bond acceptors (Lipinski definition) is 2. The zero-order valence-electron chi connectivity index (χ0n) is 14.7. The second-order valence-electron chi connectivity index (χ2n) is 6.27. The van der Waals surface area contributed by atoms with E-state index in [1.165, 1.54) is 17.7 Å². The minimum absolute atomic E-state index is 0.0159. The summed E-state index contributed by atoms with van der Waals surface area (Å²) in [5.41, 5.74) is 2.28. The molecule has 0 radical (unpaired) electrons. The van der Waals surface area contributed by atoms with E-state index in [0.29, 0.717) is 37.4 Å². The third-order valence-corrected chi connectivity index (χ3v) is 4.54. The van der Waals surface area contributed by atoms with Gasteiger partial charge in [-0.3, -0.25) is 4.79 Å². The monoisotopic (exact) mass is 355 g/mol. The van der Waals surface area contributed by atoms with Gasteiger partial charge in [-0.25, -0.2) is 9.18 Å². The molecule has 1 aliphatic heterocycles. The molecule has 0 aromatic heterocycles. The lowest BCUT2D eigenvalue weighted by Crippen LogP contribution is -2.51. The molecule has 0 aliphatic carbocycles. The highest BCUT2D eigenvalue weighted by Crippen LogP contribution is 2.13. The number of carbonyl (C=O) groups excluding carboxylic acids is 2. The number of benzene rings is 2. The Labute approximate surface area is 152 Å². The molecule has 1 fully saturated rings. The Morgan fingerprint density at radius 1 is 1.00 bits per heavy atom. The summed E-state index contributed by atoms with van der Waals surface area (Å²) in [5.74, 6) is -0.412. The van der Waals surface area contributed by atoms with Crippen molar-refractivity contribution in [3.63, 3.8) is 0 Å². The zero-order chi connectivity index (χ0) is 18.5. The second-order valence-corrected chi connectivity index (χ2v) is 6.27. The van der Waals surface area contributed by atoms with Crippen LogP contribution in [0.2, 0.25) is 0 Å². The molecule has 2 aromatic carbocycles. The van der Waals surface area contributed by atoms with Gasteiger partial charge in [0, 0.05) is 37.4 Å². The summed E-state index contributed by atoms with van der Waals surface area (Å²) in [5, 5.41) is 2.68. The SMILES string of the molecule is CCc1ccc(C(=O)N2CCN(C(=O)Nc3cccc(F)c3)CC2)cc1. The third kappa shape index (κ3) is 4.20. The number of aryl methyl sites for hydroxylation is 1. The first kappa shape index (κ1) is 17.9. The molecule has 3 amide bonds. The third-order valence-electron chi connectivity index (χ3n) is 4.54. The van der Waals surface area contributed by atoms with Gasteiger partial charge in [0.15, 0.2) is 0 Å². The van der Waals surface area contributed by atoms with Gasteiger partial charge in [0.1, 0.15) is 5.82 Å². The van der Waals surface area contributed by atoms with E-state index < -0.39 is 5.82 Å². The number of carbonyl (C=O) groups is 2. The van der Waals surface area contributed by atoms with Gasteiger partial charge in [0.2, 0.25) is 0 Å². The summed E-state index contributed by atoms with van der Waals surface area (Å²) in [6, 6.07) is 13.1. The molecule has 1 aliphatic rings. The normalized spacial score (nSPS) is 14.2. The minimum Gasteiger partial charge on any atom is -0.335 e. The maximum Gasteiger partial charge on any atom is 0.321 e. The zero-order valence-corrected chi connectivity index (χ0v) is 14.7. The number of nitrogens with one attached hydrogen (secondary N) is 1. The molecule has 0 atom stereocenters. The van der Waals surface area contributed by atoms with E-state index in [-0.39, 0.29) is 11.9 Å². The van der Waals surface area contributed by atoms with Gasteiger partial charge < -0.3 is 15.1 Å². The molecule has 6 heteroatoms. The summed E-state index contributed by atoms with van der Waals surface area (Å²) in [6.45, 7) is 3.92. The largest absolute Gasteiger partial charge is 0.335 e. The maximum absolute atomic E-state index is 13.2. The average Bonchev–Trinajstić information content (AvgIpc) is 2.67. The van der Waals surface area contributed by atoms with Crippen molar-refractivity contribution in [2.75, 3.05) is 31.5 Å². The lowest BCUT2D eigenvalue weighted by molar-refractivity contribution is 0.0671. The number of nitrogens with zero attached hydrogens (tertiary/aromatic N) is 2. The molecule has 26 heavy (non-hydrogen) atoms. The number of piperazine rings is 1. The van der Waals surface area contributed by atoms with Crippen molar-refractivity contribution in [2.45, 2.75) is 13.3 Å². The summed E-state index contributed by atoms with van der Waals surface area (Å²) in [7, 11) is 0. The molecule has 0 spiro atoms. The van der Waals surface area contributed by atoms with Gasteiger partial charge in [0.05, 0.1) is 0 Å². The Morgan fingerprint density at radius 3 is 2.27 bits per heavy atom. The average molecular weight is 355 g/mol. The Morgan fingerprint density at radius 2 is 1.65 bits per heavy atom. The van der Waals surface area contributed by atoms with Gasteiger partial charge in [-0.1, -0.05) is 25.1 Å². The van der Waals surface area contributed by atoms with E-state index >= 15 is 0 Å². The molecular formula is C20H22FN3O2. The van der Waals surface area contributed by atoms with E-state index in [9.17, 15) is 14.0 Å². The molecule has 5 nitrogen and oxygen atoms in total. The van der Waals surface area contributed by atoms with Crippen LogP contribution in [0.1, 0.15) is 22.8 Å². The predicted octanol–water partition coefficient (Wildman–Crippen LogP) is 3.38. The van der Waals surface area contributed by atoms with E-state index in [0.717, 1.165) is 6.42 Å². The first-order chi connectivity index (χ1) is 12.6. The summed E-state index contributed by atoms with van der Waals surface area (Å²) >= 11 is 0. The first-order valence-corrected chi connectivity index (χ1v) is 8.76. The van der Waals surface area contributed by atoms with E-state index in [4.69, 9.17) is 0 Å². The quantitative estimate of drug-likeness (QED) is 0.918. The number of hydrogen-bond donors (Lipinski definition) is 1. The second kappa shape index (κ2) is 7.99. The van der Waals surface area contributed by atoms with E-state index in [1.807, 2.05) is 24.3 Å². The van der Waals surface area contributed by atoms with Gasteiger partial charge in [-0.15, -0.1) is 0 Å². The maximum atomic E-state index is 13.2. The summed E-state index contributed by atoms with van der Waals surface area (Å²) < 4.78 is 13.2. The Balaban J connectivity index is 1.54. The van der Waals surface area contributed by atoms with Gasteiger partial charge in [-0.2, -0.15) is 0 Å². The minimum atomic E-state index is -0.396. The Bertz CT molecular complexity index is 784. The Hall–Kier alpha value is -2.89. The molecule has 136 valence electrons. The first-order valence-electron chi connectivity index (χ1n) is 8.76. The topological polar surface area (TPSA) is 52.7 Å². The molecule has 0 unspecified atom stereocenters. The highest BCUT2D eigenvalue weighted by Gasteiger charge is 2.24. The molecule has 1 saturated heterocycles. The van der Waals surface area contributed by atoms with Gasteiger partial charge in [-0.05, 0) is 42.3 Å². The highest BCUT2D eigenvalue weighted by atomic mass is 19.1. The van der Waals surface area contributed by atoms with Crippen LogP contribution >= 0.6 is 0 Å². The van der Waals surface area contributed by atoms with Crippen LogP contribution in [-0.2, 0) is 6.42 Å². The van der Waals surface area contributed by atoms with Crippen molar-refractivity contribution < 1.29 is 14.0 Å². The van der Waals surface area contributed by atoms with Gasteiger partial charge >= 0.3 is 6.03 Å². The fraction of sp³-hybridized carbons (Fsp3) is 0.300. The summed E-state index contributed by atoms with van der Waals surface area (Å²) in [6.07, 6.45) is 0.938. The molecule has 2 aromatic rings. The van der Waals surface area contributed by atoms with Crippen LogP contribution in [0.5, 0.6) is 0 Å². The number of rotatable bonds is 3. The van der Waals surface area contributed by atoms with Crippen LogP contribution in [0.25, 0.3) is 0 Å². The van der Waals surface area contributed by atoms with Gasteiger partial charge in [0.25, 0.3) is 5.91 Å². The van der Waals surface area contributed by atoms with Crippen molar-refractivity contribution in [3.05, 3.63) is 65.5 Å². The van der Waals surface area contributed by atoms with Crippen LogP contribution in [-0.4, -0.2) is 47.9 Å². The molecule has 0 bridgehead atoms. The van der Waals surface area contributed by atoms with Crippen LogP contribution < -0.4 is 5.32 Å². The predicted molar refractivity (Wildman–Crippen MR) is 98.7 cm³/mol. The molecular weight excluding hydrogens is 333 g/mol. The molecule has 3 rings (SSSR count). The fourth-order valence-electron chi connectivity index (χ4n) is 2.95. The lowest BCUT2D eigenvalue weighted by atomic mass is 10.1. The van der Waals surface area contributed by atoms with Crippen molar-refractivity contribution in [1.29, 1.82) is 0 Å². The number of anilines is 1. The molecule has 1 N–H and O–H groups in total. The number of amides is 3. The standard InChI is InChI=1S/C20H22FN3O2/c1-2-15-6-8-16(9-7-15)19(25)23-10-12-24(13-11-23)20(26)22-18-5-3-4-17(21)14-18/h3-9,14H,2,10-13H2,1H3,(H,22,26). The number of halogens is 1. The van der Waals surface area contributed by atoms with E-state index in [2.05, 4.69) is 12.2 Å². The summed E-state index contributed by atoms with van der Waals surface area (Å²) in [4.78, 5) is 28.2. The van der Waals surface area contributed by atoms with Crippen molar-refractivity contribution >= 4 is 17.6 Å². The van der Waals surface area contributed by atoms with E-state index in [1.54, 1.807) is 21.9 Å². The van der Waals surface area contributed by atoms with Crippen molar-refractivity contribution in [3.8, 4) is 0 Å².